The van der Waals surface area contributed by atoms with Gasteiger partial charge < -0.3 is 10.3 Å². The van der Waals surface area contributed by atoms with Gasteiger partial charge in [0.25, 0.3) is 5.89 Å². The van der Waals surface area contributed by atoms with E-state index >= 15 is 0 Å². The number of nitrogens with zero attached hydrogens (tertiary/aromatic N) is 5. The van der Waals surface area contributed by atoms with E-state index in [4.69, 9.17) is 10.3 Å². The molecule has 0 bridgehead atoms. The van der Waals surface area contributed by atoms with Crippen LogP contribution >= 0.6 is 0 Å². The standard InChI is InChI=1S/C12H12N6O/c1-18-11(13)9(7-15-18)12-16-10(17-19-12)6-8-4-2-3-5-14-8/h2-5,7H,6,13H2,1H3. The summed E-state index contributed by atoms with van der Waals surface area (Å²) in [4.78, 5) is 8.51. The van der Waals surface area contributed by atoms with Gasteiger partial charge >= 0.3 is 0 Å². The predicted molar refractivity (Wildman–Crippen MR) is 68.0 cm³/mol. The van der Waals surface area contributed by atoms with Gasteiger partial charge in [0.1, 0.15) is 11.4 Å². The molecular formula is C12H12N6O. The minimum Gasteiger partial charge on any atom is -0.383 e. The van der Waals surface area contributed by atoms with Crippen LogP contribution in [0.4, 0.5) is 5.82 Å². The number of rotatable bonds is 3. The predicted octanol–water partition coefficient (Wildman–Crippen LogP) is 1.04. The van der Waals surface area contributed by atoms with Gasteiger partial charge in [-0.15, -0.1) is 0 Å². The fraction of sp³-hybridized carbons (Fsp3) is 0.167. The van der Waals surface area contributed by atoms with Crippen LogP contribution in [0, 0.1) is 0 Å². The summed E-state index contributed by atoms with van der Waals surface area (Å²) >= 11 is 0. The molecule has 0 unspecified atom stereocenters. The number of nitrogen functional groups attached to an aromatic ring is 1. The molecule has 0 aliphatic carbocycles. The van der Waals surface area contributed by atoms with Gasteiger partial charge in [-0.2, -0.15) is 10.1 Å². The summed E-state index contributed by atoms with van der Waals surface area (Å²) in [6, 6.07) is 5.69. The lowest BCUT2D eigenvalue weighted by Crippen LogP contribution is -1.98. The molecule has 0 saturated carbocycles. The minimum absolute atomic E-state index is 0.372. The lowest BCUT2D eigenvalue weighted by Gasteiger charge is -1.94. The molecule has 3 heterocycles. The highest BCUT2D eigenvalue weighted by Crippen LogP contribution is 2.23. The number of aryl methyl sites for hydroxylation is 1. The Balaban J connectivity index is 1.86. The lowest BCUT2D eigenvalue weighted by atomic mass is 10.2. The molecule has 0 radical (unpaired) electrons. The molecule has 3 aromatic heterocycles. The molecule has 3 aromatic rings. The summed E-state index contributed by atoms with van der Waals surface area (Å²) in [5, 5.41) is 7.96. The second-order valence-corrected chi connectivity index (χ2v) is 4.08. The molecular weight excluding hydrogens is 244 g/mol. The van der Waals surface area contributed by atoms with Crippen molar-refractivity contribution in [1.82, 2.24) is 24.9 Å². The zero-order chi connectivity index (χ0) is 13.2. The molecule has 0 aromatic carbocycles. The molecule has 3 rings (SSSR count). The molecule has 0 aliphatic heterocycles. The summed E-state index contributed by atoms with van der Waals surface area (Å²) in [5.41, 5.74) is 7.38. The van der Waals surface area contributed by atoms with Gasteiger partial charge in [0, 0.05) is 18.9 Å². The van der Waals surface area contributed by atoms with Crippen molar-refractivity contribution in [3.8, 4) is 11.5 Å². The van der Waals surface area contributed by atoms with E-state index in [1.807, 2.05) is 18.2 Å². The van der Waals surface area contributed by atoms with Crippen molar-refractivity contribution in [2.75, 3.05) is 5.73 Å². The fourth-order valence-electron chi connectivity index (χ4n) is 1.71. The topological polar surface area (TPSA) is 95.6 Å². The van der Waals surface area contributed by atoms with Gasteiger partial charge in [-0.1, -0.05) is 11.2 Å². The minimum atomic E-state index is 0.372. The Kier molecular flexibility index (Phi) is 2.71. The second kappa shape index (κ2) is 4.52. The van der Waals surface area contributed by atoms with Crippen LogP contribution in [0.3, 0.4) is 0 Å². The molecule has 0 atom stereocenters. The number of pyridine rings is 1. The van der Waals surface area contributed by atoms with Gasteiger partial charge in [-0.25, -0.2) is 0 Å². The Morgan fingerprint density at radius 3 is 2.95 bits per heavy atom. The highest BCUT2D eigenvalue weighted by atomic mass is 16.5. The fourth-order valence-corrected chi connectivity index (χ4v) is 1.71. The van der Waals surface area contributed by atoms with Crippen LogP contribution < -0.4 is 5.73 Å². The van der Waals surface area contributed by atoms with Crippen LogP contribution in [-0.2, 0) is 13.5 Å². The third-order valence-corrected chi connectivity index (χ3v) is 2.75. The number of anilines is 1. The number of hydrogen-bond donors (Lipinski definition) is 1. The van der Waals surface area contributed by atoms with Crippen LogP contribution in [0.1, 0.15) is 11.5 Å². The molecule has 7 heteroatoms. The van der Waals surface area contributed by atoms with E-state index in [2.05, 4.69) is 20.2 Å². The van der Waals surface area contributed by atoms with Gasteiger partial charge in [0.05, 0.1) is 12.6 Å². The Morgan fingerprint density at radius 2 is 2.26 bits per heavy atom. The molecule has 0 fully saturated rings. The normalized spacial score (nSPS) is 10.8. The summed E-state index contributed by atoms with van der Waals surface area (Å²) < 4.78 is 6.75. The average Bonchev–Trinajstić information content (AvgIpc) is 3.00. The van der Waals surface area contributed by atoms with Crippen molar-refractivity contribution >= 4 is 5.82 Å². The van der Waals surface area contributed by atoms with E-state index in [1.54, 1.807) is 24.1 Å². The smallest absolute Gasteiger partial charge is 0.263 e. The molecule has 0 saturated heterocycles. The first kappa shape index (κ1) is 11.4. The maximum atomic E-state index is 5.86. The third-order valence-electron chi connectivity index (χ3n) is 2.75. The highest BCUT2D eigenvalue weighted by Gasteiger charge is 2.15. The van der Waals surface area contributed by atoms with Crippen LogP contribution in [0.15, 0.2) is 35.1 Å². The maximum Gasteiger partial charge on any atom is 0.263 e. The number of nitrogens with two attached hydrogens (primary N) is 1. The van der Waals surface area contributed by atoms with Crippen molar-refractivity contribution in [2.24, 2.45) is 7.05 Å². The van der Waals surface area contributed by atoms with Crippen molar-refractivity contribution in [2.45, 2.75) is 6.42 Å². The lowest BCUT2D eigenvalue weighted by molar-refractivity contribution is 0.424. The largest absolute Gasteiger partial charge is 0.383 e. The van der Waals surface area contributed by atoms with Crippen molar-refractivity contribution < 1.29 is 4.52 Å². The molecule has 19 heavy (non-hydrogen) atoms. The van der Waals surface area contributed by atoms with Crippen LogP contribution in [0.5, 0.6) is 0 Å². The summed E-state index contributed by atoms with van der Waals surface area (Å²) in [5.74, 6) is 1.43. The summed E-state index contributed by atoms with van der Waals surface area (Å²) in [6.07, 6.45) is 3.85. The van der Waals surface area contributed by atoms with Gasteiger partial charge in [0.2, 0.25) is 0 Å². The first-order valence-corrected chi connectivity index (χ1v) is 5.74. The molecule has 7 nitrogen and oxygen atoms in total. The van der Waals surface area contributed by atoms with Gasteiger partial charge in [-0.3, -0.25) is 9.67 Å². The van der Waals surface area contributed by atoms with E-state index in [0.717, 1.165) is 5.69 Å². The SMILES string of the molecule is Cn1ncc(-c2nc(Cc3ccccn3)no2)c1N. The quantitative estimate of drug-likeness (QED) is 0.752. The molecule has 96 valence electrons. The van der Waals surface area contributed by atoms with Crippen LogP contribution in [0.2, 0.25) is 0 Å². The van der Waals surface area contributed by atoms with E-state index in [9.17, 15) is 0 Å². The van der Waals surface area contributed by atoms with E-state index in [1.165, 1.54) is 0 Å². The molecule has 0 amide bonds. The molecule has 0 spiro atoms. The van der Waals surface area contributed by atoms with Gasteiger partial charge in [0.15, 0.2) is 5.82 Å². The van der Waals surface area contributed by atoms with Crippen molar-refractivity contribution in [1.29, 1.82) is 0 Å². The summed E-state index contributed by atoms with van der Waals surface area (Å²) in [7, 11) is 1.75. The van der Waals surface area contributed by atoms with E-state index in [-0.39, 0.29) is 0 Å². The molecule has 2 N–H and O–H groups in total. The monoisotopic (exact) mass is 256 g/mol. The number of aromatic nitrogens is 5. The Labute approximate surface area is 109 Å². The second-order valence-electron chi connectivity index (χ2n) is 4.08. The summed E-state index contributed by atoms with van der Waals surface area (Å²) in [6.45, 7) is 0. The maximum absolute atomic E-state index is 5.86. The third kappa shape index (κ3) is 2.17. The molecule has 0 aliphatic rings. The highest BCUT2D eigenvalue weighted by molar-refractivity contribution is 5.66. The Bertz CT molecular complexity index is 687. The Hall–Kier alpha value is -2.70. The zero-order valence-electron chi connectivity index (χ0n) is 10.3. The van der Waals surface area contributed by atoms with Crippen molar-refractivity contribution in [3.05, 3.63) is 42.1 Å². The van der Waals surface area contributed by atoms with E-state index in [0.29, 0.717) is 29.5 Å². The Morgan fingerprint density at radius 1 is 1.37 bits per heavy atom. The van der Waals surface area contributed by atoms with Crippen molar-refractivity contribution in [3.63, 3.8) is 0 Å². The van der Waals surface area contributed by atoms with Crippen LogP contribution in [-0.4, -0.2) is 24.9 Å². The zero-order valence-corrected chi connectivity index (χ0v) is 10.3. The van der Waals surface area contributed by atoms with Gasteiger partial charge in [-0.05, 0) is 12.1 Å². The average molecular weight is 256 g/mol. The van der Waals surface area contributed by atoms with E-state index < -0.39 is 0 Å². The first-order valence-electron chi connectivity index (χ1n) is 5.74. The van der Waals surface area contributed by atoms with Crippen LogP contribution in [0.25, 0.3) is 11.5 Å². The number of hydrogen-bond acceptors (Lipinski definition) is 6. The first-order chi connectivity index (χ1) is 9.24.